The van der Waals surface area contributed by atoms with Crippen molar-refractivity contribution in [1.82, 2.24) is 4.72 Å². The number of halogens is 1. The van der Waals surface area contributed by atoms with E-state index in [0.717, 1.165) is 12.8 Å². The first-order chi connectivity index (χ1) is 14.1. The fourth-order valence-corrected chi connectivity index (χ4v) is 4.08. The Labute approximate surface area is 187 Å². The van der Waals surface area contributed by atoms with Crippen LogP contribution in [0, 0.1) is 0 Å². The summed E-state index contributed by atoms with van der Waals surface area (Å²) in [5.41, 5.74) is 0.616. The maximum Gasteiger partial charge on any atom is 0.314 e. The minimum atomic E-state index is -1.38. The van der Waals surface area contributed by atoms with Crippen molar-refractivity contribution >= 4 is 28.6 Å². The Morgan fingerprint density at radius 3 is 2.03 bits per heavy atom. The number of methoxy groups -OCH3 is 4. The lowest BCUT2D eigenvalue weighted by molar-refractivity contribution is -0.143. The lowest BCUT2D eigenvalue weighted by Crippen LogP contribution is -2.45. The van der Waals surface area contributed by atoms with Crippen molar-refractivity contribution in [2.24, 2.45) is 0 Å². The van der Waals surface area contributed by atoms with Crippen LogP contribution >= 0.6 is 11.6 Å². The van der Waals surface area contributed by atoms with E-state index in [1.54, 1.807) is 12.1 Å². The van der Waals surface area contributed by atoms with Crippen molar-refractivity contribution in [2.45, 2.75) is 56.7 Å². The van der Waals surface area contributed by atoms with Gasteiger partial charge in [-0.1, -0.05) is 6.42 Å². The van der Waals surface area contributed by atoms with Crippen molar-refractivity contribution in [3.63, 3.8) is 0 Å². The molecule has 0 radical (unpaired) electrons. The summed E-state index contributed by atoms with van der Waals surface area (Å²) in [5.74, 6) is 0.623. The summed E-state index contributed by atoms with van der Waals surface area (Å²) in [5, 5.41) is 0. The van der Waals surface area contributed by atoms with E-state index in [1.165, 1.54) is 28.4 Å². The molecule has 0 saturated heterocycles. The molecule has 3 atom stereocenters. The van der Waals surface area contributed by atoms with Crippen molar-refractivity contribution in [2.75, 3.05) is 34.3 Å². The van der Waals surface area contributed by atoms with Crippen LogP contribution in [0.5, 0.6) is 17.2 Å². The summed E-state index contributed by atoms with van der Waals surface area (Å²) in [6.07, 6.45) is 2.14. The Bertz CT molecular complexity index is 697. The van der Waals surface area contributed by atoms with E-state index in [4.69, 9.17) is 30.5 Å². The predicted octanol–water partition coefficient (Wildman–Crippen LogP) is 3.80. The van der Waals surface area contributed by atoms with E-state index in [0.29, 0.717) is 35.1 Å². The van der Waals surface area contributed by atoms with Crippen LogP contribution in [0.1, 0.15) is 51.5 Å². The Morgan fingerprint density at radius 1 is 1.07 bits per heavy atom. The number of benzene rings is 1. The van der Waals surface area contributed by atoms with Gasteiger partial charge in [-0.2, -0.15) is 0 Å². The molecule has 1 aromatic rings. The molecular weight excluding hydrogens is 430 g/mol. The standard InChI is InChI=1S/C21H34ClNO6S/c1-21(2,3)30(25)23-15(10-8-9-11-22)18(20(24)29-7)14-12-16(26-4)19(28-6)17(13-14)27-5/h12-13,15,18,23H,8-11H2,1-7H3/t15-,18-,30?/m1/s1. The third kappa shape index (κ3) is 7.03. The second kappa shape index (κ2) is 12.4. The number of hydrogen-bond acceptors (Lipinski definition) is 6. The SMILES string of the molecule is COC(=O)[C@H](c1cc(OC)c(OC)c(OC)c1)[C@@H](CCCCCl)NS(=O)C(C)(C)C. The van der Waals surface area contributed by atoms with Crippen LogP contribution in [0.2, 0.25) is 0 Å². The maximum absolute atomic E-state index is 12.9. The largest absolute Gasteiger partial charge is 0.493 e. The Balaban J connectivity index is 3.50. The molecule has 0 fully saturated rings. The van der Waals surface area contributed by atoms with E-state index in [1.807, 2.05) is 20.8 Å². The molecular formula is C21H34ClNO6S. The molecule has 0 aliphatic rings. The van der Waals surface area contributed by atoms with Gasteiger partial charge >= 0.3 is 5.97 Å². The zero-order valence-electron chi connectivity index (χ0n) is 18.9. The van der Waals surface area contributed by atoms with Crippen LogP contribution in [0.15, 0.2) is 12.1 Å². The normalized spacial score (nSPS) is 14.5. The number of nitrogens with one attached hydrogen (secondary N) is 1. The van der Waals surface area contributed by atoms with E-state index in [-0.39, 0.29) is 0 Å². The Hall–Kier alpha value is -1.51. The van der Waals surface area contributed by atoms with Crippen LogP contribution in [0.4, 0.5) is 0 Å². The summed E-state index contributed by atoms with van der Waals surface area (Å²) in [7, 11) is 4.49. The van der Waals surface area contributed by atoms with Gasteiger partial charge in [0.15, 0.2) is 11.5 Å². The zero-order valence-corrected chi connectivity index (χ0v) is 20.4. The first kappa shape index (κ1) is 26.5. The molecule has 0 aliphatic carbocycles. The molecule has 7 nitrogen and oxygen atoms in total. The van der Waals surface area contributed by atoms with Gasteiger partial charge in [-0.05, 0) is 51.3 Å². The first-order valence-electron chi connectivity index (χ1n) is 9.76. The van der Waals surface area contributed by atoms with Gasteiger partial charge in [-0.15, -0.1) is 11.6 Å². The summed E-state index contributed by atoms with van der Waals surface area (Å²) < 4.78 is 36.9. The van der Waals surface area contributed by atoms with Gasteiger partial charge in [-0.3, -0.25) is 4.79 Å². The van der Waals surface area contributed by atoms with E-state index in [2.05, 4.69) is 4.72 Å². The molecule has 0 heterocycles. The molecule has 1 rings (SSSR count). The number of rotatable bonds is 12. The van der Waals surface area contributed by atoms with Gasteiger partial charge in [0.1, 0.15) is 0 Å². The van der Waals surface area contributed by atoms with Crippen molar-refractivity contribution in [3.8, 4) is 17.2 Å². The second-order valence-corrected chi connectivity index (χ2v) is 10.1. The molecule has 1 aromatic carbocycles. The van der Waals surface area contributed by atoms with E-state index < -0.39 is 33.7 Å². The first-order valence-corrected chi connectivity index (χ1v) is 11.4. The number of carbonyl (C=O) groups is 1. The topological polar surface area (TPSA) is 83.1 Å². The molecule has 0 aliphatic heterocycles. The molecule has 1 N–H and O–H groups in total. The average Bonchev–Trinajstić information content (AvgIpc) is 2.71. The number of ether oxygens (including phenoxy) is 4. The molecule has 0 saturated carbocycles. The molecule has 0 spiro atoms. The lowest BCUT2D eigenvalue weighted by atomic mass is 9.88. The molecule has 1 unspecified atom stereocenters. The van der Waals surface area contributed by atoms with Gasteiger partial charge in [-0.25, -0.2) is 8.93 Å². The van der Waals surface area contributed by atoms with Crippen LogP contribution < -0.4 is 18.9 Å². The lowest BCUT2D eigenvalue weighted by Gasteiger charge is -2.30. The van der Waals surface area contributed by atoms with Crippen LogP contribution in [-0.4, -0.2) is 55.3 Å². The smallest absolute Gasteiger partial charge is 0.314 e. The highest BCUT2D eigenvalue weighted by atomic mass is 35.5. The van der Waals surface area contributed by atoms with E-state index in [9.17, 15) is 9.00 Å². The molecule has 0 amide bonds. The highest BCUT2D eigenvalue weighted by Gasteiger charge is 2.35. The van der Waals surface area contributed by atoms with Gasteiger partial charge < -0.3 is 18.9 Å². The van der Waals surface area contributed by atoms with Crippen LogP contribution in [0.3, 0.4) is 0 Å². The Kier molecular flexibility index (Phi) is 10.9. The monoisotopic (exact) mass is 463 g/mol. The van der Waals surface area contributed by atoms with Crippen molar-refractivity contribution < 1.29 is 28.0 Å². The highest BCUT2D eigenvalue weighted by molar-refractivity contribution is 7.84. The predicted molar refractivity (Wildman–Crippen MR) is 120 cm³/mol. The molecule has 0 bridgehead atoms. The second-order valence-electron chi connectivity index (χ2n) is 7.75. The summed E-state index contributed by atoms with van der Waals surface area (Å²) in [6, 6.07) is 3.00. The van der Waals surface area contributed by atoms with Gasteiger partial charge in [0.05, 0.1) is 50.1 Å². The average molecular weight is 464 g/mol. The molecule has 172 valence electrons. The van der Waals surface area contributed by atoms with Crippen LogP contribution in [0.25, 0.3) is 0 Å². The number of carbonyl (C=O) groups excluding carboxylic acids is 1. The highest BCUT2D eigenvalue weighted by Crippen LogP contribution is 2.41. The summed E-state index contributed by atoms with van der Waals surface area (Å²) >= 11 is 5.84. The van der Waals surface area contributed by atoms with Gasteiger partial charge in [0.25, 0.3) is 0 Å². The summed E-state index contributed by atoms with van der Waals surface area (Å²) in [4.78, 5) is 12.9. The fraction of sp³-hybridized carbons (Fsp3) is 0.667. The fourth-order valence-electron chi connectivity index (χ4n) is 3.01. The zero-order chi connectivity index (χ0) is 22.9. The van der Waals surface area contributed by atoms with Crippen molar-refractivity contribution in [3.05, 3.63) is 17.7 Å². The molecule has 9 heteroatoms. The van der Waals surface area contributed by atoms with E-state index >= 15 is 0 Å². The van der Waals surface area contributed by atoms with Gasteiger partial charge in [0, 0.05) is 11.9 Å². The number of alkyl halides is 1. The van der Waals surface area contributed by atoms with Crippen LogP contribution in [-0.2, 0) is 20.5 Å². The number of unbranched alkanes of at least 4 members (excludes halogenated alkanes) is 1. The third-order valence-electron chi connectivity index (χ3n) is 4.62. The molecule has 30 heavy (non-hydrogen) atoms. The third-order valence-corrected chi connectivity index (χ3v) is 6.51. The van der Waals surface area contributed by atoms with Crippen molar-refractivity contribution in [1.29, 1.82) is 0 Å². The number of hydrogen-bond donors (Lipinski definition) is 1. The minimum absolute atomic E-state index is 0.428. The Morgan fingerprint density at radius 2 is 1.63 bits per heavy atom. The van der Waals surface area contributed by atoms with Gasteiger partial charge in [0.2, 0.25) is 5.75 Å². The maximum atomic E-state index is 12.9. The molecule has 0 aromatic heterocycles. The number of esters is 1. The quantitative estimate of drug-likeness (QED) is 0.288. The summed E-state index contributed by atoms with van der Waals surface area (Å²) in [6.45, 7) is 5.62. The minimum Gasteiger partial charge on any atom is -0.493 e.